The lowest BCUT2D eigenvalue weighted by atomic mass is 10.2. The number of halogens is 2. The molecule has 0 heterocycles. The number of sulfone groups is 1. The molecule has 0 aliphatic carbocycles. The van der Waals surface area contributed by atoms with E-state index in [1.807, 2.05) is 0 Å². The minimum atomic E-state index is -3.51. The van der Waals surface area contributed by atoms with Crippen molar-refractivity contribution in [2.24, 2.45) is 5.73 Å². The number of nitrogens with two attached hydrogens (primary N) is 1. The molecule has 2 aromatic carbocycles. The van der Waals surface area contributed by atoms with Crippen molar-refractivity contribution >= 4 is 33.8 Å². The zero-order valence-electron chi connectivity index (χ0n) is 9.91. The maximum absolute atomic E-state index is 12.3. The van der Waals surface area contributed by atoms with E-state index in [1.165, 1.54) is 12.1 Å². The summed E-state index contributed by atoms with van der Waals surface area (Å²) in [5.41, 5.74) is 6.36. The molecule has 2 aromatic rings. The van der Waals surface area contributed by atoms with Gasteiger partial charge in [-0.05, 0) is 35.9 Å². The van der Waals surface area contributed by atoms with E-state index in [4.69, 9.17) is 17.3 Å². The highest BCUT2D eigenvalue weighted by atomic mass is 35.5. The highest BCUT2D eigenvalue weighted by Crippen LogP contribution is 2.23. The van der Waals surface area contributed by atoms with Crippen molar-refractivity contribution in [1.29, 1.82) is 0 Å². The van der Waals surface area contributed by atoms with E-state index in [0.717, 1.165) is 5.56 Å². The van der Waals surface area contributed by atoms with E-state index in [2.05, 4.69) is 0 Å². The van der Waals surface area contributed by atoms with Gasteiger partial charge in [-0.1, -0.05) is 29.8 Å². The van der Waals surface area contributed by atoms with Crippen LogP contribution in [-0.4, -0.2) is 8.42 Å². The molecular weight excluding hydrogens is 305 g/mol. The Kier molecular flexibility index (Phi) is 5.38. The lowest BCUT2D eigenvalue weighted by Crippen LogP contribution is -2.03. The second-order valence-electron chi connectivity index (χ2n) is 3.81. The number of rotatable bonds is 3. The summed E-state index contributed by atoms with van der Waals surface area (Å²) in [6, 6.07) is 12.7. The lowest BCUT2D eigenvalue weighted by Gasteiger charge is -2.05. The molecular formula is C13H13Cl2NO2S. The molecule has 102 valence electrons. The number of hydrogen-bond donors (Lipinski definition) is 1. The quantitative estimate of drug-likeness (QED) is 0.946. The molecule has 0 aliphatic rings. The van der Waals surface area contributed by atoms with Crippen molar-refractivity contribution in [2.45, 2.75) is 16.3 Å². The van der Waals surface area contributed by atoms with Gasteiger partial charge in [0.2, 0.25) is 9.84 Å². The summed E-state index contributed by atoms with van der Waals surface area (Å²) >= 11 is 5.81. The van der Waals surface area contributed by atoms with Crippen molar-refractivity contribution in [3.05, 3.63) is 59.1 Å². The van der Waals surface area contributed by atoms with Crippen LogP contribution in [0.15, 0.2) is 58.3 Å². The molecule has 2 rings (SSSR count). The lowest BCUT2D eigenvalue weighted by molar-refractivity contribution is 0.596. The van der Waals surface area contributed by atoms with Gasteiger partial charge < -0.3 is 5.73 Å². The van der Waals surface area contributed by atoms with E-state index in [9.17, 15) is 8.42 Å². The molecule has 0 saturated carbocycles. The predicted octanol–water partition coefficient (Wildman–Crippen LogP) is 3.05. The fourth-order valence-corrected chi connectivity index (χ4v) is 3.14. The monoisotopic (exact) mass is 317 g/mol. The van der Waals surface area contributed by atoms with Gasteiger partial charge in [0.15, 0.2) is 0 Å². The van der Waals surface area contributed by atoms with Gasteiger partial charge >= 0.3 is 0 Å². The normalized spacial score (nSPS) is 10.8. The van der Waals surface area contributed by atoms with Gasteiger partial charge in [0, 0.05) is 11.6 Å². The van der Waals surface area contributed by atoms with Crippen molar-refractivity contribution < 1.29 is 8.42 Å². The summed E-state index contributed by atoms with van der Waals surface area (Å²) in [4.78, 5) is 0.428. The van der Waals surface area contributed by atoms with Gasteiger partial charge in [0.1, 0.15) is 0 Å². The molecule has 0 fully saturated rings. The summed E-state index contributed by atoms with van der Waals surface area (Å²) in [5, 5.41) is 0.398. The molecule has 0 bridgehead atoms. The predicted molar refractivity (Wildman–Crippen MR) is 78.5 cm³/mol. The Morgan fingerprint density at radius 3 is 2.16 bits per heavy atom. The Bertz CT molecular complexity index is 655. The number of hydrogen-bond acceptors (Lipinski definition) is 3. The summed E-state index contributed by atoms with van der Waals surface area (Å²) in [7, 11) is -3.51. The van der Waals surface area contributed by atoms with Crippen molar-refractivity contribution in [3.63, 3.8) is 0 Å². The Hall–Kier alpha value is -1.07. The molecule has 0 aliphatic heterocycles. The first-order valence-electron chi connectivity index (χ1n) is 5.34. The molecule has 0 amide bonds. The van der Waals surface area contributed by atoms with Crippen molar-refractivity contribution in [3.8, 4) is 0 Å². The summed E-state index contributed by atoms with van der Waals surface area (Å²) in [6.45, 7) is 0.386. The van der Waals surface area contributed by atoms with Crippen LogP contribution in [-0.2, 0) is 16.4 Å². The summed E-state index contributed by atoms with van der Waals surface area (Å²) < 4.78 is 24.6. The highest BCUT2D eigenvalue weighted by molar-refractivity contribution is 7.91. The van der Waals surface area contributed by atoms with Crippen LogP contribution in [0.2, 0.25) is 5.02 Å². The second-order valence-corrected chi connectivity index (χ2v) is 6.20. The second kappa shape index (κ2) is 6.39. The largest absolute Gasteiger partial charge is 0.326 e. The molecule has 0 atom stereocenters. The fraction of sp³-hybridized carbons (Fsp3) is 0.0769. The first kappa shape index (κ1) is 16.0. The summed E-state index contributed by atoms with van der Waals surface area (Å²) in [5.74, 6) is 0. The first-order chi connectivity index (χ1) is 8.54. The minimum absolute atomic E-state index is 0. The van der Waals surface area contributed by atoms with Crippen LogP contribution in [0.1, 0.15) is 5.56 Å². The van der Waals surface area contributed by atoms with E-state index >= 15 is 0 Å². The standard InChI is InChI=1S/C13H12ClNO2S.ClH/c14-11-2-1-3-13(8-11)18(16,17)12-6-4-10(9-15)5-7-12;/h1-8H,9,15H2;1H. The van der Waals surface area contributed by atoms with Crippen LogP contribution in [0.3, 0.4) is 0 Å². The zero-order valence-corrected chi connectivity index (χ0v) is 12.3. The number of benzene rings is 2. The Morgan fingerprint density at radius 2 is 1.63 bits per heavy atom. The van der Waals surface area contributed by atoms with Gasteiger partial charge in [-0.15, -0.1) is 12.4 Å². The minimum Gasteiger partial charge on any atom is -0.326 e. The maximum Gasteiger partial charge on any atom is 0.206 e. The third-order valence-corrected chi connectivity index (χ3v) is 4.58. The molecule has 0 unspecified atom stereocenters. The van der Waals surface area contributed by atoms with Gasteiger partial charge in [-0.25, -0.2) is 8.42 Å². The van der Waals surface area contributed by atoms with Crippen molar-refractivity contribution in [2.75, 3.05) is 0 Å². The fourth-order valence-electron chi connectivity index (χ4n) is 1.57. The Labute approximate surface area is 123 Å². The molecule has 19 heavy (non-hydrogen) atoms. The average Bonchev–Trinajstić information content (AvgIpc) is 2.39. The molecule has 0 aromatic heterocycles. The van der Waals surface area contributed by atoms with Crippen LogP contribution >= 0.6 is 24.0 Å². The van der Waals surface area contributed by atoms with Gasteiger partial charge in [0.25, 0.3) is 0 Å². The van der Waals surface area contributed by atoms with E-state index in [0.29, 0.717) is 11.6 Å². The van der Waals surface area contributed by atoms with E-state index in [-0.39, 0.29) is 22.2 Å². The van der Waals surface area contributed by atoms with Crippen LogP contribution < -0.4 is 5.73 Å². The smallest absolute Gasteiger partial charge is 0.206 e. The average molecular weight is 318 g/mol. The topological polar surface area (TPSA) is 60.2 Å². The van der Waals surface area contributed by atoms with Crippen LogP contribution in [0, 0.1) is 0 Å². The Morgan fingerprint density at radius 1 is 1.00 bits per heavy atom. The molecule has 3 nitrogen and oxygen atoms in total. The zero-order chi connectivity index (χ0) is 13.2. The first-order valence-corrected chi connectivity index (χ1v) is 7.20. The molecule has 0 radical (unpaired) electrons. The SMILES string of the molecule is Cl.NCc1ccc(S(=O)(=O)c2cccc(Cl)c2)cc1. The van der Waals surface area contributed by atoms with Gasteiger partial charge in [0.05, 0.1) is 9.79 Å². The molecule has 2 N–H and O–H groups in total. The Balaban J connectivity index is 0.00000180. The van der Waals surface area contributed by atoms with Gasteiger partial charge in [-0.3, -0.25) is 0 Å². The van der Waals surface area contributed by atoms with E-state index in [1.54, 1.807) is 36.4 Å². The summed E-state index contributed by atoms with van der Waals surface area (Å²) in [6.07, 6.45) is 0. The molecule has 0 spiro atoms. The molecule has 0 saturated heterocycles. The van der Waals surface area contributed by atoms with Crippen LogP contribution in [0.4, 0.5) is 0 Å². The third kappa shape index (κ3) is 3.48. The van der Waals surface area contributed by atoms with E-state index < -0.39 is 9.84 Å². The third-order valence-electron chi connectivity index (χ3n) is 2.58. The van der Waals surface area contributed by atoms with Crippen LogP contribution in [0.5, 0.6) is 0 Å². The maximum atomic E-state index is 12.3. The van der Waals surface area contributed by atoms with Crippen molar-refractivity contribution in [1.82, 2.24) is 0 Å². The van der Waals surface area contributed by atoms with Crippen LogP contribution in [0.25, 0.3) is 0 Å². The highest BCUT2D eigenvalue weighted by Gasteiger charge is 2.17. The van der Waals surface area contributed by atoms with Gasteiger partial charge in [-0.2, -0.15) is 0 Å². The molecule has 6 heteroatoms.